The number of carbonyl (C=O) groups is 12. The van der Waals surface area contributed by atoms with Crippen LogP contribution in [0.4, 0.5) is 0 Å². The number of carboxylic acid groups (broad SMARTS) is 2. The van der Waals surface area contributed by atoms with Gasteiger partial charge in [-0.1, -0.05) is 42.5 Å². The number of nitrogens with one attached hydrogen (secondary N) is 8. The molecule has 2 rings (SSSR count). The van der Waals surface area contributed by atoms with Crippen molar-refractivity contribution in [3.05, 3.63) is 69.3 Å². The molecule has 0 fully saturated rings. The number of hydrogen-bond donors (Lipinski definition) is 13. The van der Waals surface area contributed by atoms with Crippen molar-refractivity contribution in [3.63, 3.8) is 0 Å². The minimum absolute atomic E-state index is 0.0525. The highest BCUT2D eigenvalue weighted by Gasteiger charge is 2.34. The van der Waals surface area contributed by atoms with Crippen LogP contribution in [0.2, 0.25) is 0 Å². The Morgan fingerprint density at radius 3 is 1.38 bits per heavy atom. The Labute approximate surface area is 377 Å². The number of halogens is 1. The van der Waals surface area contributed by atoms with Gasteiger partial charge in [-0.05, 0) is 45.9 Å². The Balaban J connectivity index is 2.14. The van der Waals surface area contributed by atoms with Crippen LogP contribution in [0.25, 0.3) is 0 Å². The van der Waals surface area contributed by atoms with Crippen LogP contribution < -0.4 is 59.7 Å². The molecule has 2 aromatic rings. The van der Waals surface area contributed by atoms with E-state index < -0.39 is 147 Å². The summed E-state index contributed by atoms with van der Waals surface area (Å²) in [5.74, 6) is -13.6. The van der Waals surface area contributed by atoms with Gasteiger partial charge in [-0.25, -0.2) is 0 Å². The van der Waals surface area contributed by atoms with Gasteiger partial charge in [-0.2, -0.15) is 0 Å². The van der Waals surface area contributed by atoms with Crippen molar-refractivity contribution in [3.8, 4) is 0 Å². The molecule has 0 radical (unpaired) electrons. The van der Waals surface area contributed by atoms with E-state index in [0.29, 0.717) is 11.1 Å². The number of primary amides is 2. The summed E-state index contributed by atoms with van der Waals surface area (Å²) in [6, 6.07) is 6.83. The number of nitrogens with two attached hydrogens (primary N) is 3. The Hall–Kier alpha value is -7.23. The fraction of sp³-hybridized carbons (Fsp3) is 0.368. The van der Waals surface area contributed by atoms with E-state index in [4.69, 9.17) is 22.3 Å². The van der Waals surface area contributed by atoms with Gasteiger partial charge in [0.1, 0.15) is 36.8 Å². The van der Waals surface area contributed by atoms with Gasteiger partial charge in [0.05, 0.1) is 38.9 Å². The zero-order chi connectivity index (χ0) is 47.9. The average molecular weight is 1010 g/mol. The van der Waals surface area contributed by atoms with Gasteiger partial charge in [0.2, 0.25) is 59.1 Å². The highest BCUT2D eigenvalue weighted by Crippen LogP contribution is 2.10. The first-order chi connectivity index (χ1) is 30.2. The summed E-state index contributed by atoms with van der Waals surface area (Å²) in [6.45, 7) is -2.75. The summed E-state index contributed by atoms with van der Waals surface area (Å²) in [6.07, 6.45) is -3.11. The molecule has 25 nitrogen and oxygen atoms in total. The third-order valence-corrected chi connectivity index (χ3v) is 9.22. The summed E-state index contributed by atoms with van der Waals surface area (Å²) < 4.78 is 0.832. The Bertz CT molecular complexity index is 2060. The van der Waals surface area contributed by atoms with Gasteiger partial charge in [0, 0.05) is 16.4 Å². The molecule has 10 amide bonds. The van der Waals surface area contributed by atoms with E-state index in [1.54, 1.807) is 54.6 Å². The molecule has 5 atom stereocenters. The standard InChI is InChI=1S/C38H48IN11O14/c39-21-8-6-20(7-9-21)11-23(35(61)45-18-33(58)59)48-37(63)25(13-28(42)52)49-38(64)26(14-32(56)57)50-36(62)24(12-27(41)51)47-31(55)17-43-30(54)16-44-34(60)22(46-29(53)15-40)10-19-4-2-1-3-5-19/h1-9,22-26H,10-18,40H2,(H2,41,51)(H2,42,52)(H,43,54)(H,44,60)(H,45,61)(H,46,53)(H,47,55)(H,48,63)(H,49,64)(H,50,62)(H,56,57)(H,58,59)/t22-,23-,24-,25-,26-/m0/s1. The maximum Gasteiger partial charge on any atom is 0.322 e. The van der Waals surface area contributed by atoms with Crippen molar-refractivity contribution in [1.29, 1.82) is 0 Å². The first-order valence-corrected chi connectivity index (χ1v) is 20.1. The van der Waals surface area contributed by atoms with Crippen molar-refractivity contribution >= 4 is 93.6 Å². The minimum atomic E-state index is -2.05. The predicted octanol–water partition coefficient (Wildman–Crippen LogP) is -5.88. The highest BCUT2D eigenvalue weighted by molar-refractivity contribution is 14.1. The van der Waals surface area contributed by atoms with E-state index in [9.17, 15) is 62.6 Å². The van der Waals surface area contributed by atoms with Crippen LogP contribution in [0.5, 0.6) is 0 Å². The largest absolute Gasteiger partial charge is 0.481 e. The second kappa shape index (κ2) is 27.0. The first-order valence-electron chi connectivity index (χ1n) is 19.0. The second-order valence-corrected chi connectivity index (χ2v) is 14.9. The van der Waals surface area contributed by atoms with Crippen LogP contribution in [-0.4, -0.2) is 138 Å². The van der Waals surface area contributed by atoms with Crippen LogP contribution in [0.1, 0.15) is 30.4 Å². The van der Waals surface area contributed by atoms with Gasteiger partial charge in [-0.3, -0.25) is 57.5 Å². The number of rotatable bonds is 27. The van der Waals surface area contributed by atoms with E-state index in [1.807, 2.05) is 27.9 Å². The molecule has 0 heterocycles. The van der Waals surface area contributed by atoms with Crippen LogP contribution in [-0.2, 0) is 70.4 Å². The normalized spacial score (nSPS) is 12.8. The summed E-state index contributed by atoms with van der Waals surface area (Å²) in [5.41, 5.74) is 17.1. The molecule has 2 aromatic carbocycles. The molecule has 26 heteroatoms. The molecule has 0 aliphatic heterocycles. The molecule has 0 spiro atoms. The molecule has 0 saturated heterocycles. The lowest BCUT2D eigenvalue weighted by molar-refractivity contribution is -0.142. The van der Waals surface area contributed by atoms with Crippen molar-refractivity contribution in [1.82, 2.24) is 42.5 Å². The summed E-state index contributed by atoms with van der Waals surface area (Å²) in [5, 5.41) is 36.1. The molecule has 346 valence electrons. The molecule has 0 saturated carbocycles. The van der Waals surface area contributed by atoms with Crippen molar-refractivity contribution < 1.29 is 67.7 Å². The van der Waals surface area contributed by atoms with E-state index in [-0.39, 0.29) is 12.8 Å². The fourth-order valence-corrected chi connectivity index (χ4v) is 5.82. The molecular weight excluding hydrogens is 961 g/mol. The van der Waals surface area contributed by atoms with Gasteiger partial charge >= 0.3 is 11.9 Å². The van der Waals surface area contributed by atoms with E-state index in [2.05, 4.69) is 37.2 Å². The van der Waals surface area contributed by atoms with Crippen molar-refractivity contribution in [2.45, 2.75) is 62.3 Å². The maximum atomic E-state index is 13.5. The smallest absolute Gasteiger partial charge is 0.322 e. The number of carboxylic acids is 2. The van der Waals surface area contributed by atoms with E-state index in [1.165, 1.54) is 0 Å². The molecule has 64 heavy (non-hydrogen) atoms. The van der Waals surface area contributed by atoms with E-state index in [0.717, 1.165) is 3.57 Å². The third-order valence-electron chi connectivity index (χ3n) is 8.50. The monoisotopic (exact) mass is 1010 g/mol. The second-order valence-electron chi connectivity index (χ2n) is 13.7. The van der Waals surface area contributed by atoms with Crippen molar-refractivity contribution in [2.75, 3.05) is 26.2 Å². The van der Waals surface area contributed by atoms with Gasteiger partial charge < -0.3 is 69.9 Å². The molecule has 0 aliphatic carbocycles. The molecule has 0 aliphatic rings. The lowest BCUT2D eigenvalue weighted by atomic mass is 10.0. The third kappa shape index (κ3) is 20.6. The topological polar surface area (TPSA) is 420 Å². The number of carbonyl (C=O) groups excluding carboxylic acids is 10. The zero-order valence-corrected chi connectivity index (χ0v) is 36.0. The Kier molecular flexibility index (Phi) is 22.3. The minimum Gasteiger partial charge on any atom is -0.481 e. The molecule has 0 aromatic heterocycles. The maximum absolute atomic E-state index is 13.5. The molecule has 0 unspecified atom stereocenters. The summed E-state index contributed by atoms with van der Waals surface area (Å²) >= 11 is 2.03. The number of hydrogen-bond acceptors (Lipinski definition) is 13. The number of amides is 10. The summed E-state index contributed by atoms with van der Waals surface area (Å²) in [4.78, 5) is 150. The van der Waals surface area contributed by atoms with Crippen LogP contribution in [0.3, 0.4) is 0 Å². The Morgan fingerprint density at radius 1 is 0.469 bits per heavy atom. The number of benzene rings is 2. The lowest BCUT2D eigenvalue weighted by Gasteiger charge is -2.25. The molecular formula is C38H48IN11O14. The lowest BCUT2D eigenvalue weighted by Crippen LogP contribution is -2.60. The quantitative estimate of drug-likeness (QED) is 0.0371. The van der Waals surface area contributed by atoms with Crippen LogP contribution in [0, 0.1) is 3.57 Å². The number of aliphatic carboxylic acids is 2. The van der Waals surface area contributed by atoms with Crippen LogP contribution in [0.15, 0.2) is 54.6 Å². The Morgan fingerprint density at radius 2 is 0.891 bits per heavy atom. The van der Waals surface area contributed by atoms with Crippen molar-refractivity contribution in [2.24, 2.45) is 17.2 Å². The van der Waals surface area contributed by atoms with Gasteiger partial charge in [0.25, 0.3) is 0 Å². The average Bonchev–Trinajstić information content (AvgIpc) is 3.23. The van der Waals surface area contributed by atoms with Gasteiger partial charge in [-0.15, -0.1) is 0 Å². The SMILES string of the molecule is NCC(=O)N[C@@H](Cc1ccccc1)C(=O)NCC(=O)NCC(=O)N[C@@H](CC(N)=O)C(=O)N[C@@H](CC(=O)O)C(=O)N[C@@H](CC(N)=O)C(=O)N[C@@H](Cc1ccc(I)cc1)C(=O)NCC(=O)O. The fourth-order valence-electron chi connectivity index (χ4n) is 5.46. The van der Waals surface area contributed by atoms with Crippen LogP contribution >= 0.6 is 22.6 Å². The zero-order valence-electron chi connectivity index (χ0n) is 33.9. The summed E-state index contributed by atoms with van der Waals surface area (Å²) in [7, 11) is 0. The first kappa shape index (κ1) is 52.9. The molecule has 16 N–H and O–H groups in total. The molecule has 0 bridgehead atoms. The predicted molar refractivity (Wildman–Crippen MR) is 228 cm³/mol. The van der Waals surface area contributed by atoms with E-state index >= 15 is 0 Å². The highest BCUT2D eigenvalue weighted by atomic mass is 127. The van der Waals surface area contributed by atoms with Gasteiger partial charge in [0.15, 0.2) is 0 Å².